The van der Waals surface area contributed by atoms with Crippen LogP contribution in [0.15, 0.2) is 34.1 Å². The molecule has 5 heteroatoms. The van der Waals surface area contributed by atoms with E-state index < -0.39 is 0 Å². The molecule has 2 aliphatic heterocycles. The molecule has 1 aromatic carbocycles. The zero-order valence-electron chi connectivity index (χ0n) is 8.86. The third kappa shape index (κ3) is 1.89. The van der Waals surface area contributed by atoms with E-state index in [0.29, 0.717) is 4.91 Å². The molecule has 1 aromatic rings. The van der Waals surface area contributed by atoms with Crippen LogP contribution in [0.4, 0.5) is 4.79 Å². The summed E-state index contributed by atoms with van der Waals surface area (Å²) in [6.45, 7) is 0. The maximum absolute atomic E-state index is 11.7. The number of hydrogen-bond donors (Lipinski definition) is 1. The van der Waals surface area contributed by atoms with Crippen molar-refractivity contribution < 1.29 is 9.59 Å². The lowest BCUT2D eigenvalue weighted by molar-refractivity contribution is -0.115. The third-order valence-corrected chi connectivity index (χ3v) is 4.71. The van der Waals surface area contributed by atoms with Gasteiger partial charge in [-0.3, -0.25) is 14.9 Å². The molecule has 0 spiro atoms. The number of nitrogens with one attached hydrogen (secondary N) is 1. The van der Waals surface area contributed by atoms with Crippen LogP contribution in [-0.4, -0.2) is 16.9 Å². The van der Waals surface area contributed by atoms with Crippen molar-refractivity contribution in [3.05, 3.63) is 34.7 Å². The first kappa shape index (κ1) is 10.9. The van der Waals surface area contributed by atoms with Crippen LogP contribution in [0.25, 0.3) is 5.57 Å². The van der Waals surface area contributed by atoms with E-state index in [1.165, 1.54) is 4.90 Å². The first-order chi connectivity index (χ1) is 8.25. The Bertz CT molecular complexity index is 551. The number of carbonyl (C=O) groups is 2. The van der Waals surface area contributed by atoms with Crippen molar-refractivity contribution in [2.24, 2.45) is 0 Å². The highest BCUT2D eigenvalue weighted by atomic mass is 32.2. The van der Waals surface area contributed by atoms with Crippen LogP contribution in [-0.2, 0) is 4.79 Å². The van der Waals surface area contributed by atoms with Gasteiger partial charge in [-0.1, -0.05) is 18.2 Å². The minimum atomic E-state index is -0.270. The van der Waals surface area contributed by atoms with Crippen molar-refractivity contribution >= 4 is 40.2 Å². The lowest BCUT2D eigenvalue weighted by Gasteiger charge is -2.19. The number of thioether (sulfide) groups is 2. The molecule has 3 rings (SSSR count). The van der Waals surface area contributed by atoms with Crippen LogP contribution in [0.5, 0.6) is 0 Å². The summed E-state index contributed by atoms with van der Waals surface area (Å²) in [5.41, 5.74) is 2.10. The van der Waals surface area contributed by atoms with Gasteiger partial charge in [0, 0.05) is 10.6 Å². The molecule has 2 heterocycles. The van der Waals surface area contributed by atoms with Crippen molar-refractivity contribution in [3.63, 3.8) is 0 Å². The Morgan fingerprint density at radius 2 is 2.00 bits per heavy atom. The molecule has 0 saturated carbocycles. The minimum absolute atomic E-state index is 0.253. The molecule has 17 heavy (non-hydrogen) atoms. The van der Waals surface area contributed by atoms with E-state index >= 15 is 0 Å². The van der Waals surface area contributed by atoms with Crippen LogP contribution in [0.1, 0.15) is 12.0 Å². The monoisotopic (exact) mass is 263 g/mol. The van der Waals surface area contributed by atoms with Gasteiger partial charge in [0.2, 0.25) is 0 Å². The fourth-order valence-corrected chi connectivity index (χ4v) is 3.84. The van der Waals surface area contributed by atoms with E-state index in [0.717, 1.165) is 35.1 Å². The molecule has 0 aliphatic carbocycles. The molecule has 86 valence electrons. The largest absolute Gasteiger partial charge is 0.290 e. The summed E-state index contributed by atoms with van der Waals surface area (Å²) in [5.74, 6) is 0.703. The number of rotatable bonds is 0. The van der Waals surface area contributed by atoms with Crippen molar-refractivity contribution in [1.82, 2.24) is 5.32 Å². The second-order valence-electron chi connectivity index (χ2n) is 3.75. The average molecular weight is 263 g/mol. The number of imide groups is 1. The highest BCUT2D eigenvalue weighted by molar-refractivity contribution is 8.18. The quantitative estimate of drug-likeness (QED) is 0.731. The van der Waals surface area contributed by atoms with Crippen molar-refractivity contribution in [2.75, 3.05) is 5.75 Å². The lowest BCUT2D eigenvalue weighted by atomic mass is 10.0. The predicted octanol–water partition coefficient (Wildman–Crippen LogP) is 2.88. The Balaban J connectivity index is 2.14. The molecule has 0 atom stereocenters. The van der Waals surface area contributed by atoms with Gasteiger partial charge in [-0.05, 0) is 35.4 Å². The highest BCUT2D eigenvalue weighted by Gasteiger charge is 2.30. The fraction of sp³-hybridized carbons (Fsp3) is 0.167. The Kier molecular flexibility index (Phi) is 2.72. The van der Waals surface area contributed by atoms with Crippen LogP contribution in [0.3, 0.4) is 0 Å². The maximum Gasteiger partial charge on any atom is 0.290 e. The van der Waals surface area contributed by atoms with Crippen LogP contribution < -0.4 is 5.32 Å². The molecule has 0 aromatic heterocycles. The molecule has 1 saturated heterocycles. The molecule has 2 aliphatic rings. The molecule has 1 fully saturated rings. The summed E-state index contributed by atoms with van der Waals surface area (Å²) in [5, 5.41) is 2.05. The summed E-state index contributed by atoms with van der Waals surface area (Å²) >= 11 is 2.81. The smallest absolute Gasteiger partial charge is 0.282 e. The van der Waals surface area contributed by atoms with E-state index in [4.69, 9.17) is 0 Å². The Morgan fingerprint density at radius 1 is 1.18 bits per heavy atom. The van der Waals surface area contributed by atoms with Crippen molar-refractivity contribution in [3.8, 4) is 0 Å². The SMILES string of the molecule is O=C1NC(=O)C(=C2CCSc3ccccc32)S1. The maximum atomic E-state index is 11.7. The first-order valence-corrected chi connectivity index (χ1v) is 7.04. The van der Waals surface area contributed by atoms with Gasteiger partial charge in [0.05, 0.1) is 4.91 Å². The summed E-state index contributed by atoms with van der Waals surface area (Å²) in [4.78, 5) is 24.6. The topological polar surface area (TPSA) is 46.2 Å². The van der Waals surface area contributed by atoms with Gasteiger partial charge in [0.1, 0.15) is 0 Å². The molecule has 0 bridgehead atoms. The molecule has 2 amide bonds. The van der Waals surface area contributed by atoms with Gasteiger partial charge in [-0.15, -0.1) is 11.8 Å². The first-order valence-electron chi connectivity index (χ1n) is 5.24. The molecule has 1 N–H and O–H groups in total. The van der Waals surface area contributed by atoms with Crippen molar-refractivity contribution in [1.29, 1.82) is 0 Å². The standard InChI is InChI=1S/C12H9NO2S2/c14-11-10(17-12(15)13-11)8-5-6-16-9-4-2-1-3-7(8)9/h1-4H,5-6H2,(H,13,14,15). The second kappa shape index (κ2) is 4.23. The van der Waals surface area contributed by atoms with E-state index in [2.05, 4.69) is 11.4 Å². The van der Waals surface area contributed by atoms with Crippen molar-refractivity contribution in [2.45, 2.75) is 11.3 Å². The molecule has 0 unspecified atom stereocenters. The van der Waals surface area contributed by atoms with E-state index in [-0.39, 0.29) is 11.1 Å². The lowest BCUT2D eigenvalue weighted by Crippen LogP contribution is -2.18. The van der Waals surface area contributed by atoms with Gasteiger partial charge in [0.25, 0.3) is 11.1 Å². The van der Waals surface area contributed by atoms with E-state index in [1.54, 1.807) is 11.8 Å². The summed E-state index contributed by atoms with van der Waals surface area (Å²) < 4.78 is 0. The van der Waals surface area contributed by atoms with E-state index in [1.807, 2.05) is 18.2 Å². The van der Waals surface area contributed by atoms with Gasteiger partial charge < -0.3 is 0 Å². The predicted molar refractivity (Wildman–Crippen MR) is 69.8 cm³/mol. The van der Waals surface area contributed by atoms with Crippen LogP contribution >= 0.6 is 23.5 Å². The minimum Gasteiger partial charge on any atom is -0.282 e. The highest BCUT2D eigenvalue weighted by Crippen LogP contribution is 2.42. The number of fused-ring (bicyclic) bond motifs is 1. The molecule has 0 radical (unpaired) electrons. The van der Waals surface area contributed by atoms with Crippen LogP contribution in [0, 0.1) is 0 Å². The summed E-state index contributed by atoms with van der Waals surface area (Å²) in [6.07, 6.45) is 0.838. The fourth-order valence-electron chi connectivity index (χ4n) is 1.99. The molecular formula is C12H9NO2S2. The number of hydrogen-bond acceptors (Lipinski definition) is 4. The number of carbonyl (C=O) groups excluding carboxylic acids is 2. The van der Waals surface area contributed by atoms with Gasteiger partial charge in [0.15, 0.2) is 0 Å². The Morgan fingerprint density at radius 3 is 2.76 bits per heavy atom. The zero-order valence-corrected chi connectivity index (χ0v) is 10.5. The third-order valence-electron chi connectivity index (χ3n) is 2.71. The van der Waals surface area contributed by atoms with E-state index in [9.17, 15) is 9.59 Å². The van der Waals surface area contributed by atoms with Gasteiger partial charge in [-0.2, -0.15) is 0 Å². The molecule has 3 nitrogen and oxygen atoms in total. The number of allylic oxidation sites excluding steroid dienone is 1. The van der Waals surface area contributed by atoms with Gasteiger partial charge in [-0.25, -0.2) is 0 Å². The van der Waals surface area contributed by atoms with Gasteiger partial charge >= 0.3 is 0 Å². The average Bonchev–Trinajstić information content (AvgIpc) is 2.68. The number of benzene rings is 1. The zero-order chi connectivity index (χ0) is 11.8. The normalized spacial score (nSPS) is 23.5. The van der Waals surface area contributed by atoms with Crippen LogP contribution in [0.2, 0.25) is 0 Å². The molecular weight excluding hydrogens is 254 g/mol. The summed E-state index contributed by atoms with van der Waals surface area (Å²) in [6, 6.07) is 8.02. The Hall–Kier alpha value is -1.20. The Labute approximate surface area is 107 Å². The summed E-state index contributed by atoms with van der Waals surface area (Å²) in [7, 11) is 0. The number of amides is 2. The second-order valence-corrected chi connectivity index (χ2v) is 5.87.